The van der Waals surface area contributed by atoms with Crippen LogP contribution in [0.15, 0.2) is 36.4 Å². The molecule has 1 fully saturated rings. The third-order valence-corrected chi connectivity index (χ3v) is 6.11. The average molecular weight is 410 g/mol. The van der Waals surface area contributed by atoms with E-state index in [4.69, 9.17) is 0 Å². The minimum absolute atomic E-state index is 0.0696. The molecule has 0 unspecified atom stereocenters. The van der Waals surface area contributed by atoms with E-state index >= 15 is 0 Å². The van der Waals surface area contributed by atoms with E-state index in [1.54, 1.807) is 0 Å². The zero-order valence-corrected chi connectivity index (χ0v) is 16.7. The van der Waals surface area contributed by atoms with Gasteiger partial charge in [-0.05, 0) is 72.9 Å². The summed E-state index contributed by atoms with van der Waals surface area (Å²) in [5.41, 5.74) is 0.280. The predicted octanol–water partition coefficient (Wildman–Crippen LogP) is 8.04. The van der Waals surface area contributed by atoms with Crippen LogP contribution in [0.2, 0.25) is 0 Å². The van der Waals surface area contributed by atoms with Gasteiger partial charge in [-0.25, -0.2) is 8.78 Å². The van der Waals surface area contributed by atoms with E-state index < -0.39 is 23.4 Å². The van der Waals surface area contributed by atoms with Crippen LogP contribution in [-0.4, -0.2) is 0 Å². The Morgan fingerprint density at radius 3 is 2.00 bits per heavy atom. The highest BCUT2D eigenvalue weighted by Crippen LogP contribution is 2.38. The molecule has 158 valence electrons. The summed E-state index contributed by atoms with van der Waals surface area (Å²) in [6.07, 6.45) is 3.26. The van der Waals surface area contributed by atoms with Crippen LogP contribution in [0, 0.1) is 17.6 Å². The molecule has 3 rings (SSSR count). The maximum Gasteiger partial charge on any atom is 0.416 e. The lowest BCUT2D eigenvalue weighted by Crippen LogP contribution is -2.14. The summed E-state index contributed by atoms with van der Waals surface area (Å²) >= 11 is 0. The van der Waals surface area contributed by atoms with Crippen LogP contribution < -0.4 is 0 Å². The van der Waals surface area contributed by atoms with Gasteiger partial charge >= 0.3 is 6.18 Å². The van der Waals surface area contributed by atoms with Gasteiger partial charge in [0.2, 0.25) is 0 Å². The monoisotopic (exact) mass is 410 g/mol. The van der Waals surface area contributed by atoms with Gasteiger partial charge in [-0.2, -0.15) is 13.2 Å². The highest BCUT2D eigenvalue weighted by atomic mass is 19.4. The third kappa shape index (κ3) is 5.58. The Kier molecular flexibility index (Phi) is 6.97. The predicted molar refractivity (Wildman–Crippen MR) is 105 cm³/mol. The normalized spacial score (nSPS) is 20.1. The third-order valence-electron chi connectivity index (χ3n) is 6.11. The maximum atomic E-state index is 14.6. The number of alkyl halides is 3. The summed E-state index contributed by atoms with van der Waals surface area (Å²) < 4.78 is 67.3. The van der Waals surface area contributed by atoms with E-state index in [0.717, 1.165) is 43.7 Å². The van der Waals surface area contributed by atoms with Crippen LogP contribution in [0.1, 0.15) is 80.0 Å². The Morgan fingerprint density at radius 1 is 0.897 bits per heavy atom. The van der Waals surface area contributed by atoms with Gasteiger partial charge in [0.15, 0.2) is 0 Å². The average Bonchev–Trinajstić information content (AvgIpc) is 2.69. The number of rotatable bonds is 6. The molecule has 0 bridgehead atoms. The molecule has 0 spiro atoms. The molecule has 1 aliphatic carbocycles. The van der Waals surface area contributed by atoms with Gasteiger partial charge in [-0.3, -0.25) is 0 Å². The molecule has 5 heteroatoms. The van der Waals surface area contributed by atoms with Gasteiger partial charge in [0.25, 0.3) is 0 Å². The Hall–Kier alpha value is -1.91. The molecule has 0 nitrogen and oxygen atoms in total. The lowest BCUT2D eigenvalue weighted by molar-refractivity contribution is -0.137. The molecule has 29 heavy (non-hydrogen) atoms. The molecule has 2 aromatic carbocycles. The fourth-order valence-corrected chi connectivity index (χ4v) is 4.32. The standard InChI is InChI=1S/C24H27F5/c1-2-3-4-16-5-9-18(10-6-16)19-14-22(25)21(23(26)15-19)13-17-7-11-20(12-8-17)24(27,28)29/h7-8,11-12,14-16,18H,2-6,9-10,13H2,1H3. The van der Waals surface area contributed by atoms with Crippen LogP contribution in [-0.2, 0) is 12.6 Å². The van der Waals surface area contributed by atoms with Crippen LogP contribution in [0.4, 0.5) is 22.0 Å². The van der Waals surface area contributed by atoms with E-state index in [1.165, 1.54) is 43.5 Å². The van der Waals surface area contributed by atoms with Crippen molar-refractivity contribution in [2.45, 2.75) is 70.4 Å². The van der Waals surface area contributed by atoms with Crippen LogP contribution >= 0.6 is 0 Å². The van der Waals surface area contributed by atoms with Crippen LogP contribution in [0.3, 0.4) is 0 Å². The summed E-state index contributed by atoms with van der Waals surface area (Å²) in [6.45, 7) is 2.18. The number of unbranched alkanes of at least 4 members (excludes halogenated alkanes) is 1. The van der Waals surface area contributed by atoms with E-state index in [9.17, 15) is 22.0 Å². The number of hydrogen-bond donors (Lipinski definition) is 0. The van der Waals surface area contributed by atoms with Gasteiger partial charge < -0.3 is 0 Å². The SMILES string of the molecule is CCCCC1CCC(c2cc(F)c(Cc3ccc(C(F)(F)F)cc3)c(F)c2)CC1. The molecular formula is C24H27F5. The highest BCUT2D eigenvalue weighted by Gasteiger charge is 2.30. The van der Waals surface area contributed by atoms with E-state index in [-0.39, 0.29) is 17.9 Å². The summed E-state index contributed by atoms with van der Waals surface area (Å²) in [5.74, 6) is -0.335. The highest BCUT2D eigenvalue weighted by molar-refractivity contribution is 5.34. The molecule has 0 aliphatic heterocycles. The van der Waals surface area contributed by atoms with Crippen LogP contribution in [0.5, 0.6) is 0 Å². The molecule has 2 aromatic rings. The molecule has 0 atom stereocenters. The number of halogens is 5. The Balaban J connectivity index is 1.68. The van der Waals surface area contributed by atoms with Gasteiger partial charge in [0, 0.05) is 12.0 Å². The zero-order chi connectivity index (χ0) is 21.0. The first-order chi connectivity index (χ1) is 13.8. The molecule has 0 saturated heterocycles. The van der Waals surface area contributed by atoms with Crippen molar-refractivity contribution in [3.05, 3.63) is 70.3 Å². The van der Waals surface area contributed by atoms with Crippen molar-refractivity contribution in [2.24, 2.45) is 5.92 Å². The van der Waals surface area contributed by atoms with E-state index in [2.05, 4.69) is 6.92 Å². The molecule has 0 radical (unpaired) electrons. The van der Waals surface area contributed by atoms with Gasteiger partial charge in [0.05, 0.1) is 5.56 Å². The van der Waals surface area contributed by atoms with Crippen molar-refractivity contribution in [3.8, 4) is 0 Å². The first-order valence-electron chi connectivity index (χ1n) is 10.4. The maximum absolute atomic E-state index is 14.6. The smallest absolute Gasteiger partial charge is 0.207 e. The van der Waals surface area contributed by atoms with Crippen molar-refractivity contribution in [2.75, 3.05) is 0 Å². The second-order valence-corrected chi connectivity index (χ2v) is 8.19. The van der Waals surface area contributed by atoms with Gasteiger partial charge in [0.1, 0.15) is 11.6 Å². The largest absolute Gasteiger partial charge is 0.416 e. The molecule has 0 aromatic heterocycles. The minimum atomic E-state index is -4.42. The van der Waals surface area contributed by atoms with E-state index in [0.29, 0.717) is 11.1 Å². The molecule has 0 amide bonds. The van der Waals surface area contributed by atoms with Crippen molar-refractivity contribution >= 4 is 0 Å². The molecular weight excluding hydrogens is 383 g/mol. The van der Waals surface area contributed by atoms with Gasteiger partial charge in [-0.1, -0.05) is 38.3 Å². The molecule has 0 N–H and O–H groups in total. The zero-order valence-electron chi connectivity index (χ0n) is 16.7. The van der Waals surface area contributed by atoms with Crippen molar-refractivity contribution in [1.82, 2.24) is 0 Å². The Bertz CT molecular complexity index is 776. The summed E-state index contributed by atoms with van der Waals surface area (Å²) in [7, 11) is 0. The molecule has 1 saturated carbocycles. The fraction of sp³-hybridized carbons (Fsp3) is 0.500. The summed E-state index contributed by atoms with van der Waals surface area (Å²) in [4.78, 5) is 0. The topological polar surface area (TPSA) is 0 Å². The Morgan fingerprint density at radius 2 is 1.48 bits per heavy atom. The van der Waals surface area contributed by atoms with Gasteiger partial charge in [-0.15, -0.1) is 0 Å². The summed E-state index contributed by atoms with van der Waals surface area (Å²) in [6, 6.07) is 7.26. The molecule has 0 heterocycles. The second-order valence-electron chi connectivity index (χ2n) is 8.19. The lowest BCUT2D eigenvalue weighted by atomic mass is 9.77. The number of benzene rings is 2. The van der Waals surface area contributed by atoms with Crippen molar-refractivity contribution < 1.29 is 22.0 Å². The van der Waals surface area contributed by atoms with E-state index in [1.807, 2.05) is 0 Å². The lowest BCUT2D eigenvalue weighted by Gasteiger charge is -2.29. The fourth-order valence-electron chi connectivity index (χ4n) is 4.32. The van der Waals surface area contributed by atoms with Crippen LogP contribution in [0.25, 0.3) is 0 Å². The first kappa shape index (κ1) is 21.8. The Labute approximate surface area is 169 Å². The summed E-state index contributed by atoms with van der Waals surface area (Å²) in [5, 5.41) is 0. The minimum Gasteiger partial charge on any atom is -0.207 e. The number of hydrogen-bond acceptors (Lipinski definition) is 0. The first-order valence-corrected chi connectivity index (χ1v) is 10.4. The molecule has 1 aliphatic rings. The van der Waals surface area contributed by atoms with Crippen molar-refractivity contribution in [3.63, 3.8) is 0 Å². The second kappa shape index (κ2) is 9.27. The van der Waals surface area contributed by atoms with Crippen molar-refractivity contribution in [1.29, 1.82) is 0 Å². The quantitative estimate of drug-likeness (QED) is 0.423.